The molecule has 0 aliphatic rings. The first-order valence-corrected chi connectivity index (χ1v) is 5.00. The molecule has 3 heteroatoms. The van der Waals surface area contributed by atoms with E-state index >= 15 is 0 Å². The van der Waals surface area contributed by atoms with Crippen LogP contribution in [0.4, 0.5) is 0 Å². The Kier molecular flexibility index (Phi) is 9.24. The van der Waals surface area contributed by atoms with Crippen LogP contribution in [0.2, 0.25) is 0 Å². The Balaban J connectivity index is 0. The lowest BCUT2D eigenvalue weighted by atomic mass is 10.3. The molecule has 80 valence electrons. The van der Waals surface area contributed by atoms with Crippen LogP contribution in [-0.4, -0.2) is 36.6 Å². The Morgan fingerprint density at radius 3 is 1.15 bits per heavy atom. The summed E-state index contributed by atoms with van der Waals surface area (Å²) in [5.41, 5.74) is 0. The van der Waals surface area contributed by atoms with Crippen LogP contribution in [0.15, 0.2) is 0 Å². The molecule has 0 radical (unpaired) electrons. The first kappa shape index (κ1) is 14.9. The van der Waals surface area contributed by atoms with E-state index in [0.29, 0.717) is 0 Å². The topological polar surface area (TPSA) is 40.1 Å². The van der Waals surface area contributed by atoms with Crippen molar-refractivity contribution in [2.75, 3.05) is 26.2 Å². The SMILES string of the molecule is CC(=O)[O-].CC[N+](CC)(CC)CC. The fourth-order valence-electron chi connectivity index (χ4n) is 1.34. The number of aliphatic carboxylic acids is 1. The van der Waals surface area contributed by atoms with E-state index in [2.05, 4.69) is 27.7 Å². The summed E-state index contributed by atoms with van der Waals surface area (Å²) in [6.45, 7) is 15.2. The normalized spacial score (nSPS) is 10.2. The Labute approximate surface area is 82.0 Å². The fraction of sp³-hybridized carbons (Fsp3) is 0.900. The van der Waals surface area contributed by atoms with Crippen molar-refractivity contribution < 1.29 is 14.4 Å². The van der Waals surface area contributed by atoms with E-state index in [1.165, 1.54) is 30.7 Å². The number of carbonyl (C=O) groups excluding carboxylic acids is 1. The molecule has 0 heterocycles. The second kappa shape index (κ2) is 8.05. The molecule has 0 fully saturated rings. The molecule has 0 aliphatic carbocycles. The molecule has 0 aromatic carbocycles. The maximum atomic E-state index is 8.89. The minimum absolute atomic E-state index is 0.972. The monoisotopic (exact) mass is 189 g/mol. The predicted octanol–water partition coefficient (Wildman–Crippen LogP) is 0.639. The van der Waals surface area contributed by atoms with Gasteiger partial charge in [0.15, 0.2) is 0 Å². The number of nitrogens with zero attached hydrogens (tertiary/aromatic N) is 1. The highest BCUT2D eigenvalue weighted by atomic mass is 16.4. The quantitative estimate of drug-likeness (QED) is 0.609. The van der Waals surface area contributed by atoms with Crippen molar-refractivity contribution in [3.05, 3.63) is 0 Å². The maximum Gasteiger partial charge on any atom is 0.0757 e. The Morgan fingerprint density at radius 2 is 1.15 bits per heavy atom. The van der Waals surface area contributed by atoms with E-state index in [1.807, 2.05) is 0 Å². The molecule has 0 saturated carbocycles. The second-order valence-corrected chi connectivity index (χ2v) is 3.10. The first-order valence-electron chi connectivity index (χ1n) is 5.00. The molecular formula is C10H23NO2. The van der Waals surface area contributed by atoms with Gasteiger partial charge in [0.2, 0.25) is 0 Å². The van der Waals surface area contributed by atoms with E-state index in [9.17, 15) is 0 Å². The van der Waals surface area contributed by atoms with E-state index in [1.54, 1.807) is 0 Å². The summed E-state index contributed by atoms with van der Waals surface area (Å²) in [7, 11) is 0. The number of rotatable bonds is 4. The van der Waals surface area contributed by atoms with Crippen LogP contribution < -0.4 is 5.11 Å². The summed E-state index contributed by atoms with van der Waals surface area (Å²) in [4.78, 5) is 8.89. The highest BCUT2D eigenvalue weighted by Gasteiger charge is 2.16. The molecule has 0 aromatic rings. The molecule has 0 bridgehead atoms. The highest BCUT2D eigenvalue weighted by Crippen LogP contribution is 2.03. The number of quaternary nitrogens is 1. The highest BCUT2D eigenvalue weighted by molar-refractivity contribution is 5.60. The average Bonchev–Trinajstić information content (AvgIpc) is 2.09. The minimum Gasteiger partial charge on any atom is -0.550 e. The largest absolute Gasteiger partial charge is 0.550 e. The Bertz CT molecular complexity index is 109. The van der Waals surface area contributed by atoms with Crippen LogP contribution in [0.5, 0.6) is 0 Å². The number of hydrogen-bond donors (Lipinski definition) is 0. The lowest BCUT2D eigenvalue weighted by molar-refractivity contribution is -0.921. The van der Waals surface area contributed by atoms with Crippen LogP contribution in [0.25, 0.3) is 0 Å². The zero-order valence-corrected chi connectivity index (χ0v) is 9.59. The Hall–Kier alpha value is -0.570. The lowest BCUT2D eigenvalue weighted by Crippen LogP contribution is -2.47. The van der Waals surface area contributed by atoms with Gasteiger partial charge in [-0.2, -0.15) is 0 Å². The van der Waals surface area contributed by atoms with Gasteiger partial charge >= 0.3 is 0 Å². The van der Waals surface area contributed by atoms with Crippen LogP contribution in [-0.2, 0) is 4.79 Å². The van der Waals surface area contributed by atoms with Crippen LogP contribution >= 0.6 is 0 Å². The number of carboxylic acids is 1. The molecule has 0 saturated heterocycles. The molecule has 0 aromatic heterocycles. The molecule has 0 aliphatic heterocycles. The maximum absolute atomic E-state index is 8.89. The van der Waals surface area contributed by atoms with Crippen LogP contribution in [0, 0.1) is 0 Å². The van der Waals surface area contributed by atoms with Crippen molar-refractivity contribution in [3.63, 3.8) is 0 Å². The van der Waals surface area contributed by atoms with E-state index < -0.39 is 5.97 Å². The number of carbonyl (C=O) groups is 1. The minimum atomic E-state index is -1.08. The third kappa shape index (κ3) is 7.78. The summed E-state index contributed by atoms with van der Waals surface area (Å²) < 4.78 is 1.28. The summed E-state index contributed by atoms with van der Waals surface area (Å²) >= 11 is 0. The third-order valence-electron chi connectivity index (χ3n) is 2.68. The molecule has 0 N–H and O–H groups in total. The molecule has 0 unspecified atom stereocenters. The zero-order valence-electron chi connectivity index (χ0n) is 9.59. The van der Waals surface area contributed by atoms with Gasteiger partial charge < -0.3 is 14.4 Å². The standard InChI is InChI=1S/C8H20N.C2H4O2/c1-5-9(6-2,7-3)8-4;1-2(3)4/h5-8H2,1-4H3;1H3,(H,3,4)/q+1;/p-1. The van der Waals surface area contributed by atoms with Crippen molar-refractivity contribution >= 4 is 5.97 Å². The van der Waals surface area contributed by atoms with Gasteiger partial charge in [0, 0.05) is 5.97 Å². The second-order valence-electron chi connectivity index (χ2n) is 3.10. The molecule has 0 amide bonds. The molecule has 0 atom stereocenters. The molecule has 3 nitrogen and oxygen atoms in total. The van der Waals surface area contributed by atoms with Crippen molar-refractivity contribution in [3.8, 4) is 0 Å². The predicted molar refractivity (Wildman–Crippen MR) is 53.1 cm³/mol. The molecular weight excluding hydrogens is 166 g/mol. The first-order chi connectivity index (χ1) is 5.97. The van der Waals surface area contributed by atoms with Gasteiger partial charge in [0.1, 0.15) is 0 Å². The van der Waals surface area contributed by atoms with Crippen molar-refractivity contribution in [2.24, 2.45) is 0 Å². The molecule has 13 heavy (non-hydrogen) atoms. The van der Waals surface area contributed by atoms with E-state index in [0.717, 1.165) is 6.92 Å². The number of carboxylic acid groups (broad SMARTS) is 1. The lowest BCUT2D eigenvalue weighted by Gasteiger charge is -2.34. The summed E-state index contributed by atoms with van der Waals surface area (Å²) in [6.07, 6.45) is 0. The Morgan fingerprint density at radius 1 is 1.00 bits per heavy atom. The fourth-order valence-corrected chi connectivity index (χ4v) is 1.34. The van der Waals surface area contributed by atoms with Gasteiger partial charge in [-0.1, -0.05) is 0 Å². The van der Waals surface area contributed by atoms with Gasteiger partial charge in [0.25, 0.3) is 0 Å². The van der Waals surface area contributed by atoms with Gasteiger partial charge in [-0.3, -0.25) is 0 Å². The van der Waals surface area contributed by atoms with Gasteiger partial charge in [-0.15, -0.1) is 0 Å². The summed E-state index contributed by atoms with van der Waals surface area (Å²) in [6, 6.07) is 0. The van der Waals surface area contributed by atoms with Gasteiger partial charge in [-0.25, -0.2) is 0 Å². The third-order valence-corrected chi connectivity index (χ3v) is 2.68. The zero-order chi connectivity index (χ0) is 10.9. The van der Waals surface area contributed by atoms with E-state index in [4.69, 9.17) is 9.90 Å². The van der Waals surface area contributed by atoms with E-state index in [-0.39, 0.29) is 0 Å². The smallest absolute Gasteiger partial charge is 0.0757 e. The summed E-state index contributed by atoms with van der Waals surface area (Å²) in [5, 5.41) is 8.89. The van der Waals surface area contributed by atoms with Gasteiger partial charge in [0.05, 0.1) is 26.2 Å². The van der Waals surface area contributed by atoms with Crippen molar-refractivity contribution in [2.45, 2.75) is 34.6 Å². The van der Waals surface area contributed by atoms with Gasteiger partial charge in [-0.05, 0) is 34.6 Å². The van der Waals surface area contributed by atoms with Crippen molar-refractivity contribution in [1.29, 1.82) is 0 Å². The molecule has 0 rings (SSSR count). The molecule has 0 spiro atoms. The van der Waals surface area contributed by atoms with Crippen molar-refractivity contribution in [1.82, 2.24) is 0 Å². The number of hydrogen-bond acceptors (Lipinski definition) is 2. The summed E-state index contributed by atoms with van der Waals surface area (Å²) in [5.74, 6) is -1.08. The van der Waals surface area contributed by atoms with Crippen LogP contribution in [0.1, 0.15) is 34.6 Å². The van der Waals surface area contributed by atoms with Crippen LogP contribution in [0.3, 0.4) is 0 Å². The average molecular weight is 189 g/mol.